The van der Waals surface area contributed by atoms with Gasteiger partial charge in [-0.3, -0.25) is 9.78 Å². The zero-order valence-corrected chi connectivity index (χ0v) is 16.1. The third-order valence-corrected chi connectivity index (χ3v) is 4.71. The molecule has 0 fully saturated rings. The molecule has 138 valence electrons. The molecule has 0 bridgehead atoms. The van der Waals surface area contributed by atoms with Crippen molar-refractivity contribution >= 4 is 23.3 Å². The third kappa shape index (κ3) is 5.49. The second-order valence-electron chi connectivity index (χ2n) is 6.07. The molecule has 0 radical (unpaired) electrons. The topological polar surface area (TPSA) is 55.3 Å². The van der Waals surface area contributed by atoms with Gasteiger partial charge in [0.1, 0.15) is 12.4 Å². The largest absolute Gasteiger partial charge is 0.487 e. The first-order chi connectivity index (χ1) is 13.1. The van der Waals surface area contributed by atoms with Gasteiger partial charge in [0.05, 0.1) is 10.7 Å². The van der Waals surface area contributed by atoms with Gasteiger partial charge >= 0.3 is 0 Å². The summed E-state index contributed by atoms with van der Waals surface area (Å²) in [5.41, 5.74) is 2.75. The highest BCUT2D eigenvalue weighted by Gasteiger charge is 2.07. The van der Waals surface area contributed by atoms with Crippen molar-refractivity contribution in [3.8, 4) is 5.75 Å². The zero-order valence-electron chi connectivity index (χ0n) is 15.3. The van der Waals surface area contributed by atoms with Crippen molar-refractivity contribution in [3.63, 3.8) is 0 Å². The molecular weight excluding hydrogens is 358 g/mol. The molecule has 3 rings (SSSR count). The Labute approximate surface area is 163 Å². The first-order valence-corrected chi connectivity index (χ1v) is 9.44. The van der Waals surface area contributed by atoms with Gasteiger partial charge in [0, 0.05) is 43.0 Å². The van der Waals surface area contributed by atoms with Crippen molar-refractivity contribution in [1.29, 1.82) is 0 Å². The van der Waals surface area contributed by atoms with E-state index in [4.69, 9.17) is 4.74 Å². The van der Waals surface area contributed by atoms with Gasteiger partial charge in [-0.1, -0.05) is 24.3 Å². The van der Waals surface area contributed by atoms with Crippen LogP contribution in [0.2, 0.25) is 0 Å². The Morgan fingerprint density at radius 3 is 2.85 bits per heavy atom. The number of aromatic nitrogens is 2. The molecule has 0 saturated heterocycles. The molecule has 0 aliphatic carbocycles. The fourth-order valence-corrected chi connectivity index (χ4v) is 3.10. The van der Waals surface area contributed by atoms with Crippen LogP contribution in [0.15, 0.2) is 60.2 Å². The number of hydrogen-bond donors (Lipinski definition) is 0. The van der Waals surface area contributed by atoms with Crippen LogP contribution in [0.1, 0.15) is 21.8 Å². The van der Waals surface area contributed by atoms with E-state index < -0.39 is 0 Å². The molecule has 0 atom stereocenters. The number of nitrogens with zero attached hydrogens (tertiary/aromatic N) is 3. The van der Waals surface area contributed by atoms with Crippen LogP contribution >= 0.6 is 11.3 Å². The predicted molar refractivity (Wildman–Crippen MR) is 107 cm³/mol. The molecular formula is C21H21N3O2S. The van der Waals surface area contributed by atoms with E-state index >= 15 is 0 Å². The summed E-state index contributed by atoms with van der Waals surface area (Å²) in [6.45, 7) is 2.89. The van der Waals surface area contributed by atoms with Crippen LogP contribution in [0.3, 0.4) is 0 Å². The lowest BCUT2D eigenvalue weighted by Crippen LogP contribution is -2.24. The van der Waals surface area contributed by atoms with Crippen molar-refractivity contribution in [1.82, 2.24) is 14.9 Å². The molecule has 3 aromatic rings. The summed E-state index contributed by atoms with van der Waals surface area (Å²) in [6.07, 6.45) is 6.82. The van der Waals surface area contributed by atoms with Gasteiger partial charge in [-0.05, 0) is 30.7 Å². The van der Waals surface area contributed by atoms with E-state index in [-0.39, 0.29) is 5.91 Å². The molecule has 5 nitrogen and oxygen atoms in total. The third-order valence-electron chi connectivity index (χ3n) is 3.89. The van der Waals surface area contributed by atoms with Crippen molar-refractivity contribution in [3.05, 3.63) is 82.1 Å². The van der Waals surface area contributed by atoms with Crippen molar-refractivity contribution in [2.24, 2.45) is 0 Å². The fourth-order valence-electron chi connectivity index (χ4n) is 2.51. The summed E-state index contributed by atoms with van der Waals surface area (Å²) in [6, 6.07) is 11.5. The number of rotatable bonds is 7. The lowest BCUT2D eigenvalue weighted by atomic mass is 10.2. The van der Waals surface area contributed by atoms with Crippen molar-refractivity contribution in [2.45, 2.75) is 20.1 Å². The average Bonchev–Trinajstić information content (AvgIpc) is 3.11. The number of para-hydroxylation sites is 1. The van der Waals surface area contributed by atoms with Crippen molar-refractivity contribution < 1.29 is 9.53 Å². The van der Waals surface area contributed by atoms with E-state index in [1.54, 1.807) is 47.8 Å². The van der Waals surface area contributed by atoms with E-state index in [1.807, 2.05) is 48.7 Å². The Hall–Kier alpha value is -2.99. The first kappa shape index (κ1) is 18.8. The van der Waals surface area contributed by atoms with Gasteiger partial charge in [-0.25, -0.2) is 4.98 Å². The van der Waals surface area contributed by atoms with Gasteiger partial charge in [0.25, 0.3) is 0 Å². The smallest absolute Gasteiger partial charge is 0.246 e. The summed E-state index contributed by atoms with van der Waals surface area (Å²) in [5, 5.41) is 3.01. The maximum Gasteiger partial charge on any atom is 0.246 e. The molecule has 0 saturated carbocycles. The monoisotopic (exact) mass is 379 g/mol. The first-order valence-electron chi connectivity index (χ1n) is 8.57. The Bertz CT molecular complexity index is 922. The van der Waals surface area contributed by atoms with E-state index in [1.165, 1.54) is 0 Å². The van der Waals surface area contributed by atoms with Gasteiger partial charge in [-0.15, -0.1) is 11.3 Å². The van der Waals surface area contributed by atoms with Crippen LogP contribution in [-0.4, -0.2) is 27.8 Å². The lowest BCUT2D eigenvalue weighted by molar-refractivity contribution is -0.125. The van der Waals surface area contributed by atoms with Crippen LogP contribution in [0.25, 0.3) is 6.08 Å². The molecule has 0 N–H and O–H groups in total. The number of ether oxygens (including phenoxy) is 1. The molecule has 0 unspecified atom stereocenters. The molecule has 0 aliphatic rings. The highest BCUT2D eigenvalue weighted by atomic mass is 32.1. The lowest BCUT2D eigenvalue weighted by Gasteiger charge is -2.15. The molecule has 27 heavy (non-hydrogen) atoms. The number of pyridine rings is 1. The van der Waals surface area contributed by atoms with Crippen LogP contribution in [0.4, 0.5) is 0 Å². The maximum atomic E-state index is 12.4. The minimum atomic E-state index is -0.0798. The second-order valence-corrected chi connectivity index (χ2v) is 7.14. The average molecular weight is 379 g/mol. The highest BCUT2D eigenvalue weighted by Crippen LogP contribution is 2.21. The number of likely N-dealkylation sites (N-methyl/N-ethyl adjacent to an activating group) is 1. The predicted octanol–water partition coefficient (Wildman–Crippen LogP) is 4.10. The van der Waals surface area contributed by atoms with Crippen molar-refractivity contribution in [2.75, 3.05) is 7.05 Å². The Balaban J connectivity index is 1.63. The molecule has 2 aromatic heterocycles. The summed E-state index contributed by atoms with van der Waals surface area (Å²) < 4.78 is 5.88. The summed E-state index contributed by atoms with van der Waals surface area (Å²) in [4.78, 5) is 22.5. The van der Waals surface area contributed by atoms with Crippen LogP contribution in [0, 0.1) is 6.92 Å². The molecule has 0 spiro atoms. The Kier molecular flexibility index (Phi) is 6.33. The van der Waals surface area contributed by atoms with Gasteiger partial charge in [-0.2, -0.15) is 0 Å². The quantitative estimate of drug-likeness (QED) is 0.580. The van der Waals surface area contributed by atoms with Gasteiger partial charge < -0.3 is 9.64 Å². The van der Waals surface area contributed by atoms with Crippen LogP contribution in [0.5, 0.6) is 5.75 Å². The van der Waals surface area contributed by atoms with Crippen LogP contribution in [-0.2, 0) is 17.9 Å². The van der Waals surface area contributed by atoms with E-state index in [0.717, 1.165) is 27.6 Å². The van der Waals surface area contributed by atoms with E-state index in [2.05, 4.69) is 9.97 Å². The van der Waals surface area contributed by atoms with Gasteiger partial charge in [0.2, 0.25) is 5.91 Å². The minimum Gasteiger partial charge on any atom is -0.487 e. The summed E-state index contributed by atoms with van der Waals surface area (Å²) >= 11 is 1.60. The number of benzene rings is 1. The molecule has 6 heteroatoms. The van der Waals surface area contributed by atoms with Crippen LogP contribution < -0.4 is 4.74 Å². The maximum absolute atomic E-state index is 12.4. The van der Waals surface area contributed by atoms with E-state index in [0.29, 0.717) is 13.2 Å². The number of aryl methyl sites for hydroxylation is 1. The number of amides is 1. The molecule has 0 aliphatic heterocycles. The Morgan fingerprint density at radius 2 is 2.11 bits per heavy atom. The highest BCUT2D eigenvalue weighted by molar-refractivity contribution is 7.09. The van der Waals surface area contributed by atoms with Gasteiger partial charge in [0.15, 0.2) is 0 Å². The standard InChI is InChI=1S/C21H21N3O2S/c1-16-23-19(15-27-16)14-26-20-8-4-3-7-18(20)9-10-21(25)24(2)13-17-6-5-11-22-12-17/h3-12,15H,13-14H2,1-2H3/b10-9+. The SMILES string of the molecule is Cc1nc(COc2ccccc2/C=C/C(=O)N(C)Cc2cccnc2)cs1. The number of hydrogen-bond acceptors (Lipinski definition) is 5. The second kappa shape index (κ2) is 9.09. The molecule has 1 aromatic carbocycles. The Morgan fingerprint density at radius 1 is 1.26 bits per heavy atom. The number of carbonyl (C=O) groups excluding carboxylic acids is 1. The summed E-state index contributed by atoms with van der Waals surface area (Å²) in [7, 11) is 1.77. The normalized spacial score (nSPS) is 10.9. The fraction of sp³-hybridized carbons (Fsp3) is 0.190. The molecule has 1 amide bonds. The number of thiazole rings is 1. The zero-order chi connectivity index (χ0) is 19.1. The van der Waals surface area contributed by atoms with E-state index in [9.17, 15) is 4.79 Å². The minimum absolute atomic E-state index is 0.0798. The molecule has 2 heterocycles. The number of carbonyl (C=O) groups is 1. The summed E-state index contributed by atoms with van der Waals surface area (Å²) in [5.74, 6) is 0.644.